The van der Waals surface area contributed by atoms with Crippen molar-refractivity contribution in [2.75, 3.05) is 26.7 Å². The fourth-order valence-electron chi connectivity index (χ4n) is 1.43. The van der Waals surface area contributed by atoms with E-state index in [1.807, 2.05) is 13.8 Å². The highest BCUT2D eigenvalue weighted by atomic mass is 32.2. The third-order valence-electron chi connectivity index (χ3n) is 2.69. The van der Waals surface area contributed by atoms with Gasteiger partial charge in [-0.05, 0) is 13.8 Å². The number of amides is 1. The summed E-state index contributed by atoms with van der Waals surface area (Å²) in [5.74, 6) is -0.0927. The Morgan fingerprint density at radius 2 is 2.00 bits per heavy atom. The highest BCUT2D eigenvalue weighted by Gasteiger charge is 2.29. The van der Waals surface area contributed by atoms with Crippen LogP contribution in [0.5, 0.6) is 0 Å². The SMILES string of the molecule is CC(C)N(C)S(=O)(=O)N1CCNC(=O)CC1. The van der Waals surface area contributed by atoms with Gasteiger partial charge in [-0.2, -0.15) is 17.0 Å². The van der Waals surface area contributed by atoms with Crippen LogP contribution >= 0.6 is 0 Å². The second-order valence-corrected chi connectivity index (χ2v) is 6.10. The van der Waals surface area contributed by atoms with E-state index in [4.69, 9.17) is 0 Å². The average Bonchev–Trinajstić information content (AvgIpc) is 2.41. The normalized spacial score (nSPS) is 19.9. The summed E-state index contributed by atoms with van der Waals surface area (Å²) in [6.45, 7) is 4.61. The summed E-state index contributed by atoms with van der Waals surface area (Å²) in [6, 6.07) is -0.0862. The lowest BCUT2D eigenvalue weighted by atomic mass is 10.4. The van der Waals surface area contributed by atoms with Crippen molar-refractivity contribution >= 4 is 16.1 Å². The first-order valence-corrected chi connectivity index (χ1v) is 6.75. The molecule has 0 aromatic heterocycles. The van der Waals surface area contributed by atoms with Crippen molar-refractivity contribution in [1.82, 2.24) is 13.9 Å². The van der Waals surface area contributed by atoms with Crippen molar-refractivity contribution in [2.45, 2.75) is 26.3 Å². The molecule has 1 rings (SSSR count). The van der Waals surface area contributed by atoms with Crippen molar-refractivity contribution in [3.05, 3.63) is 0 Å². The van der Waals surface area contributed by atoms with Gasteiger partial charge in [-0.15, -0.1) is 0 Å². The van der Waals surface area contributed by atoms with Gasteiger partial charge in [0.1, 0.15) is 0 Å². The fraction of sp³-hybridized carbons (Fsp3) is 0.889. The van der Waals surface area contributed by atoms with Crippen LogP contribution in [0.25, 0.3) is 0 Å². The van der Waals surface area contributed by atoms with Crippen LogP contribution in [0.4, 0.5) is 0 Å². The molecule has 6 nitrogen and oxygen atoms in total. The zero-order chi connectivity index (χ0) is 12.3. The fourth-order valence-corrected chi connectivity index (χ4v) is 2.97. The third kappa shape index (κ3) is 2.93. The summed E-state index contributed by atoms with van der Waals surface area (Å²) < 4.78 is 26.9. The van der Waals surface area contributed by atoms with Crippen LogP contribution in [0.15, 0.2) is 0 Å². The van der Waals surface area contributed by atoms with Crippen LogP contribution < -0.4 is 5.32 Å². The van der Waals surface area contributed by atoms with E-state index in [0.29, 0.717) is 13.1 Å². The topological polar surface area (TPSA) is 69.7 Å². The molecule has 7 heteroatoms. The van der Waals surface area contributed by atoms with E-state index < -0.39 is 10.2 Å². The first-order chi connectivity index (χ1) is 7.35. The first-order valence-electron chi connectivity index (χ1n) is 5.35. The predicted molar refractivity (Wildman–Crippen MR) is 61.0 cm³/mol. The molecule has 0 bridgehead atoms. The summed E-state index contributed by atoms with van der Waals surface area (Å²) in [4.78, 5) is 11.1. The standard InChI is InChI=1S/C9H19N3O3S/c1-8(2)11(3)16(14,15)12-6-4-9(13)10-5-7-12/h8H,4-7H2,1-3H3,(H,10,13). The van der Waals surface area contributed by atoms with Crippen molar-refractivity contribution in [3.63, 3.8) is 0 Å². The van der Waals surface area contributed by atoms with Gasteiger partial charge in [0.25, 0.3) is 10.2 Å². The second-order valence-electron chi connectivity index (χ2n) is 4.12. The molecule has 0 spiro atoms. The van der Waals surface area contributed by atoms with Gasteiger partial charge in [0.05, 0.1) is 0 Å². The highest BCUT2D eigenvalue weighted by molar-refractivity contribution is 7.86. The molecule has 1 N–H and O–H groups in total. The van der Waals surface area contributed by atoms with Crippen LogP contribution in [0, 0.1) is 0 Å². The number of nitrogens with one attached hydrogen (secondary N) is 1. The minimum Gasteiger partial charge on any atom is -0.355 e. The van der Waals surface area contributed by atoms with E-state index in [9.17, 15) is 13.2 Å². The molecule has 0 radical (unpaired) electrons. The smallest absolute Gasteiger partial charge is 0.282 e. The Morgan fingerprint density at radius 3 is 2.56 bits per heavy atom. The van der Waals surface area contributed by atoms with Crippen molar-refractivity contribution < 1.29 is 13.2 Å². The molecule has 16 heavy (non-hydrogen) atoms. The van der Waals surface area contributed by atoms with Gasteiger partial charge < -0.3 is 5.32 Å². The molecule has 1 fully saturated rings. The van der Waals surface area contributed by atoms with Gasteiger partial charge in [-0.3, -0.25) is 4.79 Å². The van der Waals surface area contributed by atoms with E-state index >= 15 is 0 Å². The summed E-state index contributed by atoms with van der Waals surface area (Å²) in [5.41, 5.74) is 0. The Labute approximate surface area is 96.8 Å². The van der Waals surface area contributed by atoms with E-state index in [1.54, 1.807) is 7.05 Å². The molecule has 1 saturated heterocycles. The largest absolute Gasteiger partial charge is 0.355 e. The zero-order valence-corrected chi connectivity index (χ0v) is 10.7. The van der Waals surface area contributed by atoms with Gasteiger partial charge in [-0.1, -0.05) is 0 Å². The molecule has 0 atom stereocenters. The maximum atomic E-state index is 12.1. The Hall–Kier alpha value is -0.660. The number of nitrogens with zero attached hydrogens (tertiary/aromatic N) is 2. The molecule has 0 saturated carbocycles. The van der Waals surface area contributed by atoms with E-state index in [1.165, 1.54) is 8.61 Å². The third-order valence-corrected chi connectivity index (χ3v) is 4.86. The molecule has 0 unspecified atom stereocenters. The Bertz CT molecular complexity index is 353. The molecule has 94 valence electrons. The molecule has 1 amide bonds. The number of carbonyl (C=O) groups is 1. The Balaban J connectivity index is 2.79. The van der Waals surface area contributed by atoms with E-state index in [2.05, 4.69) is 5.32 Å². The van der Waals surface area contributed by atoms with Gasteiger partial charge >= 0.3 is 0 Å². The number of carbonyl (C=O) groups excluding carboxylic acids is 1. The van der Waals surface area contributed by atoms with Crippen LogP contribution in [-0.2, 0) is 15.0 Å². The van der Waals surface area contributed by atoms with Crippen molar-refractivity contribution in [3.8, 4) is 0 Å². The summed E-state index contributed by atoms with van der Waals surface area (Å²) in [5, 5.41) is 2.65. The second kappa shape index (κ2) is 5.11. The quantitative estimate of drug-likeness (QED) is 0.725. The molecule has 1 heterocycles. The molecule has 0 aliphatic carbocycles. The predicted octanol–water partition coefficient (Wildman–Crippen LogP) is -0.607. The zero-order valence-electron chi connectivity index (χ0n) is 9.93. The van der Waals surface area contributed by atoms with Gasteiger partial charge in [0.15, 0.2) is 0 Å². The Morgan fingerprint density at radius 1 is 1.38 bits per heavy atom. The summed E-state index contributed by atoms with van der Waals surface area (Å²) >= 11 is 0. The summed E-state index contributed by atoms with van der Waals surface area (Å²) in [7, 11) is -1.88. The van der Waals surface area contributed by atoms with Crippen molar-refractivity contribution in [1.29, 1.82) is 0 Å². The molecular weight excluding hydrogens is 230 g/mol. The minimum atomic E-state index is -3.43. The average molecular weight is 249 g/mol. The lowest BCUT2D eigenvalue weighted by molar-refractivity contribution is -0.120. The van der Waals surface area contributed by atoms with E-state index in [-0.39, 0.29) is 24.9 Å². The summed E-state index contributed by atoms with van der Waals surface area (Å²) in [6.07, 6.45) is 0.227. The number of hydrogen-bond donors (Lipinski definition) is 1. The maximum absolute atomic E-state index is 12.1. The lowest BCUT2D eigenvalue weighted by Gasteiger charge is -2.28. The molecule has 0 aromatic carbocycles. The molecule has 1 aliphatic rings. The van der Waals surface area contributed by atoms with Crippen LogP contribution in [0.3, 0.4) is 0 Å². The van der Waals surface area contributed by atoms with Crippen molar-refractivity contribution in [2.24, 2.45) is 0 Å². The first kappa shape index (κ1) is 13.4. The molecule has 1 aliphatic heterocycles. The minimum absolute atomic E-state index is 0.0862. The Kier molecular flexibility index (Phi) is 4.28. The van der Waals surface area contributed by atoms with Crippen LogP contribution in [0.2, 0.25) is 0 Å². The van der Waals surface area contributed by atoms with Gasteiger partial charge in [0.2, 0.25) is 5.91 Å². The molecular formula is C9H19N3O3S. The van der Waals surface area contributed by atoms with Gasteiger partial charge in [-0.25, -0.2) is 0 Å². The van der Waals surface area contributed by atoms with Gasteiger partial charge in [0, 0.05) is 39.1 Å². The molecule has 0 aromatic rings. The van der Waals surface area contributed by atoms with Crippen LogP contribution in [0.1, 0.15) is 20.3 Å². The monoisotopic (exact) mass is 249 g/mol. The van der Waals surface area contributed by atoms with E-state index in [0.717, 1.165) is 0 Å². The van der Waals surface area contributed by atoms with Crippen LogP contribution in [-0.4, -0.2) is 55.7 Å². The maximum Gasteiger partial charge on any atom is 0.282 e. The lowest BCUT2D eigenvalue weighted by Crippen LogP contribution is -2.45. The number of hydrogen-bond acceptors (Lipinski definition) is 3. The number of rotatable bonds is 3. The highest BCUT2D eigenvalue weighted by Crippen LogP contribution is 2.11.